The lowest BCUT2D eigenvalue weighted by Gasteiger charge is -2.45. The van der Waals surface area contributed by atoms with E-state index in [-0.39, 0.29) is 0 Å². The first-order valence-corrected chi connectivity index (χ1v) is 8.39. The molecule has 0 saturated heterocycles. The van der Waals surface area contributed by atoms with Crippen LogP contribution in [0, 0.1) is 17.3 Å². The van der Waals surface area contributed by atoms with Crippen molar-refractivity contribution < 1.29 is 0 Å². The lowest BCUT2D eigenvalue weighted by Crippen LogP contribution is -2.36. The summed E-state index contributed by atoms with van der Waals surface area (Å²) in [5.74, 6) is 1.58. The number of fused-ring (bicyclic) bond motifs is 2. The van der Waals surface area contributed by atoms with Gasteiger partial charge in [-0.1, -0.05) is 48.8 Å². The fourth-order valence-corrected chi connectivity index (χ4v) is 4.11. The van der Waals surface area contributed by atoms with E-state index in [1.165, 1.54) is 38.5 Å². The van der Waals surface area contributed by atoms with Gasteiger partial charge in [0.1, 0.15) is 0 Å². The molecule has 0 aromatic carbocycles. The molecule has 0 radical (unpaired) electrons. The highest BCUT2D eigenvalue weighted by Crippen LogP contribution is 2.49. The Morgan fingerprint density at radius 3 is 2.30 bits per heavy atom. The van der Waals surface area contributed by atoms with Gasteiger partial charge >= 0.3 is 0 Å². The largest absolute Gasteiger partial charge is 0.0853 e. The second-order valence-corrected chi connectivity index (χ2v) is 7.67. The molecule has 0 aromatic heterocycles. The highest BCUT2D eigenvalue weighted by Gasteiger charge is 2.39. The van der Waals surface area contributed by atoms with Gasteiger partial charge in [0.2, 0.25) is 0 Å². The zero-order valence-electron chi connectivity index (χ0n) is 14.1. The Labute approximate surface area is 126 Å². The summed E-state index contributed by atoms with van der Waals surface area (Å²) in [6, 6.07) is 0. The zero-order chi connectivity index (χ0) is 14.8. The van der Waals surface area contributed by atoms with Crippen molar-refractivity contribution in [1.82, 2.24) is 0 Å². The molecular weight excluding hydrogens is 240 g/mol. The first-order valence-electron chi connectivity index (χ1n) is 8.39. The van der Waals surface area contributed by atoms with Crippen molar-refractivity contribution in [1.29, 1.82) is 0 Å². The van der Waals surface area contributed by atoms with Gasteiger partial charge in [0.05, 0.1) is 0 Å². The molecule has 2 bridgehead atoms. The van der Waals surface area contributed by atoms with E-state index in [0.717, 1.165) is 11.8 Å². The zero-order valence-corrected chi connectivity index (χ0v) is 14.1. The second kappa shape index (κ2) is 6.33. The summed E-state index contributed by atoms with van der Waals surface area (Å²) >= 11 is 0. The third-order valence-corrected chi connectivity index (χ3v) is 5.83. The summed E-state index contributed by atoms with van der Waals surface area (Å²) in [6.45, 7) is 12.0. The van der Waals surface area contributed by atoms with Crippen molar-refractivity contribution >= 4 is 0 Å². The molecule has 0 unspecified atom stereocenters. The Hall–Kier alpha value is -0.780. The molecule has 20 heavy (non-hydrogen) atoms. The normalized spacial score (nSPS) is 36.5. The maximum Gasteiger partial charge on any atom is -0.0149 e. The van der Waals surface area contributed by atoms with E-state index < -0.39 is 0 Å². The van der Waals surface area contributed by atoms with Crippen LogP contribution in [0.2, 0.25) is 0 Å². The van der Waals surface area contributed by atoms with Crippen molar-refractivity contribution in [2.45, 2.75) is 73.1 Å². The van der Waals surface area contributed by atoms with Crippen molar-refractivity contribution in [2.24, 2.45) is 17.3 Å². The Balaban J connectivity index is 2.29. The smallest absolute Gasteiger partial charge is 0.0149 e. The van der Waals surface area contributed by atoms with Gasteiger partial charge in [-0.05, 0) is 76.5 Å². The number of hydrogen-bond donors (Lipinski definition) is 0. The van der Waals surface area contributed by atoms with Crippen LogP contribution in [0.4, 0.5) is 0 Å². The Morgan fingerprint density at radius 1 is 0.900 bits per heavy atom. The summed E-state index contributed by atoms with van der Waals surface area (Å²) in [6.07, 6.45) is 15.1. The maximum absolute atomic E-state index is 2.52. The van der Waals surface area contributed by atoms with E-state index in [0.29, 0.717) is 5.41 Å². The molecule has 0 saturated carbocycles. The SMILES string of the molecule is CC1=CC[C@@H]2C/C=C(\C)CC/C=C(\C)CC[C@@H]1C2(C)C. The second-order valence-electron chi connectivity index (χ2n) is 7.67. The third-order valence-electron chi connectivity index (χ3n) is 5.83. The first kappa shape index (κ1) is 15.6. The van der Waals surface area contributed by atoms with Gasteiger partial charge in [0.25, 0.3) is 0 Å². The van der Waals surface area contributed by atoms with Gasteiger partial charge in [-0.25, -0.2) is 0 Å². The molecule has 0 N–H and O–H groups in total. The standard InChI is InChI=1S/C20H32/c1-15-7-6-8-16(2)10-14-19-17(3)11-13-18(12-9-15)20(19,4)5/h8-9,11,18-19H,6-7,10,12-14H2,1-5H3/b15-9+,16-8+/t18-,19-/m0/s1. The molecule has 2 aliphatic carbocycles. The van der Waals surface area contributed by atoms with Crippen LogP contribution in [-0.2, 0) is 0 Å². The Kier molecular flexibility index (Phi) is 4.94. The van der Waals surface area contributed by atoms with Crippen LogP contribution in [0.15, 0.2) is 34.9 Å². The molecule has 0 spiro atoms. The fourth-order valence-electron chi connectivity index (χ4n) is 4.11. The van der Waals surface area contributed by atoms with Gasteiger partial charge in [-0.15, -0.1) is 0 Å². The molecule has 0 aromatic rings. The van der Waals surface area contributed by atoms with Crippen LogP contribution < -0.4 is 0 Å². The minimum absolute atomic E-state index is 0.440. The molecule has 2 aliphatic rings. The van der Waals surface area contributed by atoms with E-state index in [1.807, 2.05) is 0 Å². The summed E-state index contributed by atoms with van der Waals surface area (Å²) in [5.41, 5.74) is 5.24. The Morgan fingerprint density at radius 2 is 1.55 bits per heavy atom. The van der Waals surface area contributed by atoms with Crippen LogP contribution in [0.5, 0.6) is 0 Å². The van der Waals surface area contributed by atoms with Crippen LogP contribution in [0.25, 0.3) is 0 Å². The summed E-state index contributed by atoms with van der Waals surface area (Å²) in [5, 5.41) is 0. The van der Waals surface area contributed by atoms with Crippen LogP contribution in [0.3, 0.4) is 0 Å². The van der Waals surface area contributed by atoms with Gasteiger partial charge in [0, 0.05) is 0 Å². The lowest BCUT2D eigenvalue weighted by molar-refractivity contribution is 0.119. The van der Waals surface area contributed by atoms with E-state index in [9.17, 15) is 0 Å². The summed E-state index contributed by atoms with van der Waals surface area (Å²) in [4.78, 5) is 0. The predicted octanol–water partition coefficient (Wildman–Crippen LogP) is 6.45. The van der Waals surface area contributed by atoms with Gasteiger partial charge in [-0.2, -0.15) is 0 Å². The Bertz CT molecular complexity index is 431. The van der Waals surface area contributed by atoms with Crippen molar-refractivity contribution in [2.75, 3.05) is 0 Å². The van der Waals surface area contributed by atoms with E-state index >= 15 is 0 Å². The van der Waals surface area contributed by atoms with E-state index in [2.05, 4.69) is 52.8 Å². The minimum Gasteiger partial charge on any atom is -0.0853 e. The highest BCUT2D eigenvalue weighted by molar-refractivity contribution is 5.17. The molecule has 0 nitrogen and oxygen atoms in total. The van der Waals surface area contributed by atoms with Gasteiger partial charge in [-0.3, -0.25) is 0 Å². The van der Waals surface area contributed by atoms with E-state index in [4.69, 9.17) is 0 Å². The maximum atomic E-state index is 2.52. The van der Waals surface area contributed by atoms with Crippen molar-refractivity contribution in [3.63, 3.8) is 0 Å². The van der Waals surface area contributed by atoms with Crippen LogP contribution in [-0.4, -0.2) is 0 Å². The van der Waals surface area contributed by atoms with Crippen molar-refractivity contribution in [3.8, 4) is 0 Å². The summed E-state index contributed by atoms with van der Waals surface area (Å²) < 4.78 is 0. The molecule has 0 heterocycles. The molecule has 112 valence electrons. The molecule has 2 atom stereocenters. The molecule has 0 fully saturated rings. The fraction of sp³-hybridized carbons (Fsp3) is 0.700. The molecule has 0 amide bonds. The molecule has 0 heteroatoms. The summed E-state index contributed by atoms with van der Waals surface area (Å²) in [7, 11) is 0. The number of hydrogen-bond acceptors (Lipinski definition) is 0. The third kappa shape index (κ3) is 3.45. The number of allylic oxidation sites excluding steroid dienone is 6. The molecular formula is C20H32. The van der Waals surface area contributed by atoms with Gasteiger partial charge in [0.15, 0.2) is 0 Å². The first-order chi connectivity index (χ1) is 9.41. The monoisotopic (exact) mass is 272 g/mol. The average Bonchev–Trinajstić information content (AvgIpc) is 2.36. The van der Waals surface area contributed by atoms with E-state index in [1.54, 1.807) is 16.7 Å². The quantitative estimate of drug-likeness (QED) is 0.444. The molecule has 0 aliphatic heterocycles. The minimum atomic E-state index is 0.440. The predicted molar refractivity (Wildman–Crippen MR) is 89.7 cm³/mol. The van der Waals surface area contributed by atoms with Crippen LogP contribution >= 0.6 is 0 Å². The molecule has 2 rings (SSSR count). The highest BCUT2D eigenvalue weighted by atomic mass is 14.4. The number of rotatable bonds is 0. The lowest BCUT2D eigenvalue weighted by atomic mass is 9.60. The topological polar surface area (TPSA) is 0 Å². The van der Waals surface area contributed by atoms with Crippen LogP contribution in [0.1, 0.15) is 73.1 Å². The van der Waals surface area contributed by atoms with Gasteiger partial charge < -0.3 is 0 Å². The van der Waals surface area contributed by atoms with Crippen molar-refractivity contribution in [3.05, 3.63) is 34.9 Å². The average molecular weight is 272 g/mol.